The van der Waals surface area contributed by atoms with Gasteiger partial charge in [-0.1, -0.05) is 41.9 Å². The van der Waals surface area contributed by atoms with E-state index >= 15 is 0 Å². The van der Waals surface area contributed by atoms with Gasteiger partial charge in [-0.2, -0.15) is 5.10 Å². The minimum atomic E-state index is -0.766. The molecule has 0 aliphatic rings. The first-order valence-electron chi connectivity index (χ1n) is 9.65. The van der Waals surface area contributed by atoms with Crippen molar-refractivity contribution in [2.75, 3.05) is 13.1 Å². The first-order chi connectivity index (χ1) is 14.1. The molecule has 2 atom stereocenters. The van der Waals surface area contributed by atoms with Gasteiger partial charge in [0, 0.05) is 29.5 Å². The van der Waals surface area contributed by atoms with Gasteiger partial charge in [0.25, 0.3) is 0 Å². The third kappa shape index (κ3) is 5.59. The number of aliphatic imine (C=N–C) groups is 1. The smallest absolute Gasteiger partial charge is 0.191 e. The number of guanidine groups is 1. The molecule has 0 aliphatic carbocycles. The molecule has 152 valence electrons. The van der Waals surface area contributed by atoms with E-state index in [9.17, 15) is 5.11 Å². The monoisotopic (exact) mass is 411 g/mol. The van der Waals surface area contributed by atoms with Crippen LogP contribution in [-0.4, -0.2) is 33.9 Å². The van der Waals surface area contributed by atoms with Crippen molar-refractivity contribution in [3.63, 3.8) is 0 Å². The molecule has 0 aliphatic heterocycles. The molecule has 1 aromatic heterocycles. The van der Waals surface area contributed by atoms with Gasteiger partial charge in [0.05, 0.1) is 18.3 Å². The maximum Gasteiger partial charge on any atom is 0.191 e. The number of hydrogen-bond donors (Lipinski definition) is 3. The number of aromatic nitrogens is 2. The summed E-state index contributed by atoms with van der Waals surface area (Å²) in [5.74, 6) is 0.635. The van der Waals surface area contributed by atoms with Crippen LogP contribution in [0.15, 0.2) is 72.0 Å². The molecule has 0 saturated heterocycles. The fourth-order valence-electron chi connectivity index (χ4n) is 2.99. The predicted octanol–water partition coefficient (Wildman–Crippen LogP) is 3.88. The maximum absolute atomic E-state index is 10.5. The minimum absolute atomic E-state index is 0.0146. The number of halogens is 1. The van der Waals surface area contributed by atoms with Crippen molar-refractivity contribution in [1.29, 1.82) is 0 Å². The van der Waals surface area contributed by atoms with Crippen LogP contribution in [0.5, 0.6) is 0 Å². The highest BCUT2D eigenvalue weighted by Crippen LogP contribution is 2.22. The van der Waals surface area contributed by atoms with Crippen molar-refractivity contribution in [3.8, 4) is 5.69 Å². The Bertz CT molecular complexity index is 942. The van der Waals surface area contributed by atoms with Crippen LogP contribution in [0, 0.1) is 0 Å². The predicted molar refractivity (Wildman–Crippen MR) is 118 cm³/mol. The SMILES string of the molecule is CCNC(=NCC(O)c1ccccc1Cl)NC(C)c1cccc(-n2cccn2)c1. The molecular weight excluding hydrogens is 386 g/mol. The standard InChI is InChI=1S/C22H26ClN5O/c1-3-24-22(25-15-21(29)19-10-4-5-11-20(19)23)27-16(2)17-8-6-9-18(14-17)28-13-7-12-26-28/h4-14,16,21,29H,3,15H2,1-2H3,(H2,24,25,27). The van der Waals surface area contributed by atoms with E-state index < -0.39 is 6.10 Å². The molecule has 3 aromatic rings. The van der Waals surface area contributed by atoms with Crippen molar-refractivity contribution in [3.05, 3.63) is 83.1 Å². The van der Waals surface area contributed by atoms with Crippen LogP contribution < -0.4 is 10.6 Å². The second-order valence-electron chi connectivity index (χ2n) is 6.67. The number of nitrogens with one attached hydrogen (secondary N) is 2. The maximum atomic E-state index is 10.5. The zero-order valence-corrected chi connectivity index (χ0v) is 17.3. The molecule has 1 heterocycles. The Labute approximate surface area is 176 Å². The largest absolute Gasteiger partial charge is 0.386 e. The first kappa shape index (κ1) is 20.9. The molecule has 6 nitrogen and oxygen atoms in total. The molecule has 7 heteroatoms. The molecule has 2 aromatic carbocycles. The highest BCUT2D eigenvalue weighted by molar-refractivity contribution is 6.31. The lowest BCUT2D eigenvalue weighted by molar-refractivity contribution is 0.187. The van der Waals surface area contributed by atoms with Crippen molar-refractivity contribution in [2.45, 2.75) is 26.0 Å². The summed E-state index contributed by atoms with van der Waals surface area (Å²) in [4.78, 5) is 4.54. The average Bonchev–Trinajstić information content (AvgIpc) is 3.27. The molecule has 2 unspecified atom stereocenters. The molecule has 0 amide bonds. The van der Waals surface area contributed by atoms with E-state index in [1.54, 1.807) is 12.3 Å². The van der Waals surface area contributed by atoms with Gasteiger partial charge in [0.15, 0.2) is 5.96 Å². The Hall–Kier alpha value is -2.83. The summed E-state index contributed by atoms with van der Waals surface area (Å²) in [6.07, 6.45) is 2.91. The topological polar surface area (TPSA) is 74.5 Å². The zero-order valence-electron chi connectivity index (χ0n) is 16.6. The molecule has 3 N–H and O–H groups in total. The molecule has 29 heavy (non-hydrogen) atoms. The van der Waals surface area contributed by atoms with Crippen LogP contribution in [0.4, 0.5) is 0 Å². The average molecular weight is 412 g/mol. The lowest BCUT2D eigenvalue weighted by atomic mass is 10.1. The fraction of sp³-hybridized carbons (Fsp3) is 0.273. The Morgan fingerprint density at radius 3 is 2.76 bits per heavy atom. The summed E-state index contributed by atoms with van der Waals surface area (Å²) in [6.45, 7) is 5.00. The lowest BCUT2D eigenvalue weighted by Gasteiger charge is -2.19. The molecule has 3 rings (SSSR count). The van der Waals surface area contributed by atoms with E-state index in [4.69, 9.17) is 11.6 Å². The van der Waals surface area contributed by atoms with Crippen LogP contribution in [0.25, 0.3) is 5.69 Å². The second kappa shape index (κ2) is 10.1. The number of hydrogen-bond acceptors (Lipinski definition) is 3. The summed E-state index contributed by atoms with van der Waals surface area (Å²) < 4.78 is 1.83. The minimum Gasteiger partial charge on any atom is -0.386 e. The summed E-state index contributed by atoms with van der Waals surface area (Å²) in [7, 11) is 0. The third-order valence-corrected chi connectivity index (χ3v) is 4.87. The second-order valence-corrected chi connectivity index (χ2v) is 7.08. The van der Waals surface area contributed by atoms with E-state index in [0.29, 0.717) is 23.1 Å². The van der Waals surface area contributed by atoms with E-state index in [1.165, 1.54) is 0 Å². The van der Waals surface area contributed by atoms with E-state index in [2.05, 4.69) is 39.8 Å². The van der Waals surface area contributed by atoms with Gasteiger partial charge in [-0.05, 0) is 43.7 Å². The van der Waals surface area contributed by atoms with Crippen molar-refractivity contribution in [1.82, 2.24) is 20.4 Å². The molecule has 0 spiro atoms. The van der Waals surface area contributed by atoms with Crippen molar-refractivity contribution < 1.29 is 5.11 Å². The third-order valence-electron chi connectivity index (χ3n) is 4.52. The Kier molecular flexibility index (Phi) is 7.27. The number of aliphatic hydroxyl groups is 1. The Morgan fingerprint density at radius 2 is 2.03 bits per heavy atom. The van der Waals surface area contributed by atoms with Crippen LogP contribution >= 0.6 is 11.6 Å². The number of rotatable bonds is 7. The highest BCUT2D eigenvalue weighted by atomic mass is 35.5. The summed E-state index contributed by atoms with van der Waals surface area (Å²) in [6, 6.07) is 17.4. The van der Waals surface area contributed by atoms with E-state index in [1.807, 2.05) is 54.2 Å². The summed E-state index contributed by atoms with van der Waals surface area (Å²) in [5, 5.41) is 21.9. The Morgan fingerprint density at radius 1 is 1.21 bits per heavy atom. The van der Waals surface area contributed by atoms with Gasteiger partial charge in [-0.25, -0.2) is 4.68 Å². The van der Waals surface area contributed by atoms with Crippen molar-refractivity contribution >= 4 is 17.6 Å². The van der Waals surface area contributed by atoms with Crippen molar-refractivity contribution in [2.24, 2.45) is 4.99 Å². The van der Waals surface area contributed by atoms with Gasteiger partial charge in [-0.15, -0.1) is 0 Å². The van der Waals surface area contributed by atoms with Gasteiger partial charge >= 0.3 is 0 Å². The molecule has 0 saturated carbocycles. The summed E-state index contributed by atoms with van der Waals surface area (Å²) in [5.41, 5.74) is 2.78. The number of aliphatic hydroxyl groups excluding tert-OH is 1. The summed E-state index contributed by atoms with van der Waals surface area (Å²) >= 11 is 6.17. The van der Waals surface area contributed by atoms with E-state index in [0.717, 1.165) is 11.3 Å². The molecule has 0 bridgehead atoms. The van der Waals surface area contributed by atoms with Gasteiger partial charge < -0.3 is 15.7 Å². The van der Waals surface area contributed by atoms with Crippen LogP contribution in [0.3, 0.4) is 0 Å². The van der Waals surface area contributed by atoms with E-state index in [-0.39, 0.29) is 12.6 Å². The van der Waals surface area contributed by atoms with Gasteiger partial charge in [-0.3, -0.25) is 4.99 Å². The quantitative estimate of drug-likeness (QED) is 0.407. The highest BCUT2D eigenvalue weighted by Gasteiger charge is 2.13. The fourth-order valence-corrected chi connectivity index (χ4v) is 3.25. The normalized spacial score (nSPS) is 13.7. The van der Waals surface area contributed by atoms with Crippen LogP contribution in [-0.2, 0) is 0 Å². The Balaban J connectivity index is 1.70. The molecule has 0 fully saturated rings. The molecular formula is C22H26ClN5O. The van der Waals surface area contributed by atoms with Gasteiger partial charge in [0.2, 0.25) is 0 Å². The number of benzene rings is 2. The van der Waals surface area contributed by atoms with Gasteiger partial charge in [0.1, 0.15) is 6.10 Å². The first-order valence-corrected chi connectivity index (χ1v) is 10.0. The molecule has 0 radical (unpaired) electrons. The zero-order chi connectivity index (χ0) is 20.6. The van der Waals surface area contributed by atoms with Crippen LogP contribution in [0.1, 0.15) is 37.1 Å². The van der Waals surface area contributed by atoms with Crippen LogP contribution in [0.2, 0.25) is 5.02 Å². The number of nitrogens with zero attached hydrogens (tertiary/aromatic N) is 3. The lowest BCUT2D eigenvalue weighted by Crippen LogP contribution is -2.39.